The van der Waals surface area contributed by atoms with Gasteiger partial charge in [-0.3, -0.25) is 0 Å². The van der Waals surface area contributed by atoms with Gasteiger partial charge in [0.05, 0.1) is 7.11 Å². The van der Waals surface area contributed by atoms with Crippen LogP contribution >= 0.6 is 0 Å². The number of ether oxygens (including phenoxy) is 1. The molecule has 0 bridgehead atoms. The van der Waals surface area contributed by atoms with Gasteiger partial charge in [0.1, 0.15) is 5.75 Å². The van der Waals surface area contributed by atoms with Crippen LogP contribution in [0.4, 0.5) is 0 Å². The maximum absolute atomic E-state index is 5.57. The fourth-order valence-corrected chi connectivity index (χ4v) is 4.73. The minimum Gasteiger partial charge on any atom is -0.497 e. The highest BCUT2D eigenvalue weighted by Gasteiger charge is 2.32. The lowest BCUT2D eigenvalue weighted by atomic mass is 9.91. The van der Waals surface area contributed by atoms with Crippen LogP contribution in [0.5, 0.6) is 5.75 Å². The quantitative estimate of drug-likeness (QED) is 0.319. The minimum absolute atomic E-state index is 0.893. The third-order valence-electron chi connectivity index (χ3n) is 5.92. The lowest BCUT2D eigenvalue weighted by molar-refractivity contribution is 0.415. The summed E-state index contributed by atoms with van der Waals surface area (Å²) in [5.74, 6) is 0.893. The number of rotatable bonds is 1. The van der Waals surface area contributed by atoms with Crippen LogP contribution in [0.25, 0.3) is 33.4 Å². The molecular weight excluding hydrogens is 340 g/mol. The van der Waals surface area contributed by atoms with Crippen molar-refractivity contribution in [3.63, 3.8) is 0 Å². The van der Waals surface area contributed by atoms with E-state index in [1.165, 1.54) is 55.7 Å². The molecule has 1 heteroatoms. The Kier molecular flexibility index (Phi) is 3.15. The van der Waals surface area contributed by atoms with Crippen LogP contribution in [0, 0.1) is 0 Å². The first-order chi connectivity index (χ1) is 13.9. The molecule has 0 aromatic heterocycles. The van der Waals surface area contributed by atoms with Crippen LogP contribution in [-0.4, -0.2) is 7.11 Å². The largest absolute Gasteiger partial charge is 0.497 e. The second-order valence-electron chi connectivity index (χ2n) is 7.30. The zero-order valence-corrected chi connectivity index (χ0v) is 15.6. The van der Waals surface area contributed by atoms with E-state index in [4.69, 9.17) is 4.74 Å². The molecule has 4 aromatic rings. The third kappa shape index (κ3) is 1.96. The summed E-state index contributed by atoms with van der Waals surface area (Å²) in [4.78, 5) is 0. The minimum atomic E-state index is 0.893. The molecule has 0 N–H and O–H groups in total. The molecule has 1 nitrogen and oxygen atoms in total. The average Bonchev–Trinajstić information content (AvgIpc) is 3.26. The predicted molar refractivity (Wildman–Crippen MR) is 115 cm³/mol. The monoisotopic (exact) mass is 358 g/mol. The van der Waals surface area contributed by atoms with Gasteiger partial charge in [-0.05, 0) is 67.8 Å². The first-order valence-corrected chi connectivity index (χ1v) is 9.58. The van der Waals surface area contributed by atoms with E-state index in [1.807, 2.05) is 0 Å². The van der Waals surface area contributed by atoms with Crippen LogP contribution in [0.1, 0.15) is 22.3 Å². The first kappa shape index (κ1) is 15.5. The van der Waals surface area contributed by atoms with Crippen LogP contribution in [0.3, 0.4) is 0 Å². The summed E-state index contributed by atoms with van der Waals surface area (Å²) in [6.07, 6.45) is 0. The van der Waals surface area contributed by atoms with E-state index in [-0.39, 0.29) is 0 Å². The molecule has 0 radical (unpaired) electrons. The van der Waals surface area contributed by atoms with Crippen molar-refractivity contribution >= 4 is 11.1 Å². The van der Waals surface area contributed by atoms with Gasteiger partial charge in [-0.25, -0.2) is 0 Å². The van der Waals surface area contributed by atoms with E-state index in [1.54, 1.807) is 7.11 Å². The second-order valence-corrected chi connectivity index (χ2v) is 7.30. The zero-order chi connectivity index (χ0) is 18.7. The predicted octanol–water partition coefficient (Wildman–Crippen LogP) is 6.66. The lowest BCUT2D eigenvalue weighted by Crippen LogP contribution is -1.91. The van der Waals surface area contributed by atoms with Gasteiger partial charge < -0.3 is 4.74 Å². The van der Waals surface area contributed by atoms with E-state index in [2.05, 4.69) is 91.0 Å². The molecule has 0 aliphatic heterocycles. The molecular formula is C27H18O. The summed E-state index contributed by atoms with van der Waals surface area (Å²) in [5.41, 5.74) is 13.0. The molecule has 132 valence electrons. The van der Waals surface area contributed by atoms with Gasteiger partial charge >= 0.3 is 0 Å². The topological polar surface area (TPSA) is 9.23 Å². The highest BCUT2D eigenvalue weighted by molar-refractivity contribution is 6.18. The average molecular weight is 358 g/mol. The Morgan fingerprint density at radius 3 is 1.29 bits per heavy atom. The van der Waals surface area contributed by atoms with Crippen molar-refractivity contribution in [2.75, 3.05) is 7.11 Å². The molecule has 2 aliphatic rings. The van der Waals surface area contributed by atoms with Gasteiger partial charge in [-0.1, -0.05) is 78.9 Å². The normalized spacial score (nSPS) is 13.0. The molecule has 0 amide bonds. The van der Waals surface area contributed by atoms with Crippen molar-refractivity contribution in [3.05, 3.63) is 113 Å². The van der Waals surface area contributed by atoms with Gasteiger partial charge in [0.15, 0.2) is 0 Å². The Hall–Kier alpha value is -3.58. The molecule has 28 heavy (non-hydrogen) atoms. The summed E-state index contributed by atoms with van der Waals surface area (Å²) in [6, 6.07) is 32.6. The molecule has 2 aliphatic carbocycles. The third-order valence-corrected chi connectivity index (χ3v) is 5.92. The number of benzene rings is 4. The van der Waals surface area contributed by atoms with Gasteiger partial charge in [0.25, 0.3) is 0 Å². The van der Waals surface area contributed by atoms with Gasteiger partial charge in [-0.15, -0.1) is 0 Å². The summed E-state index contributed by atoms with van der Waals surface area (Å²) >= 11 is 0. The lowest BCUT2D eigenvalue weighted by Gasteiger charge is -2.12. The highest BCUT2D eigenvalue weighted by Crippen LogP contribution is 2.54. The van der Waals surface area contributed by atoms with Crippen molar-refractivity contribution in [2.45, 2.75) is 0 Å². The van der Waals surface area contributed by atoms with Crippen molar-refractivity contribution in [3.8, 4) is 28.0 Å². The Morgan fingerprint density at radius 1 is 0.429 bits per heavy atom. The van der Waals surface area contributed by atoms with Gasteiger partial charge in [0, 0.05) is 0 Å². The van der Waals surface area contributed by atoms with E-state index in [0.29, 0.717) is 0 Å². The SMILES string of the molecule is COc1ccc2c(c1)C(=C1c3ccccc3-c3ccccc31)c1ccccc1-2. The number of fused-ring (bicyclic) bond motifs is 6. The fourth-order valence-electron chi connectivity index (χ4n) is 4.73. The molecule has 6 rings (SSSR count). The van der Waals surface area contributed by atoms with Crippen molar-refractivity contribution in [1.29, 1.82) is 0 Å². The summed E-state index contributed by atoms with van der Waals surface area (Å²) < 4.78 is 5.57. The van der Waals surface area contributed by atoms with Gasteiger partial charge in [-0.2, -0.15) is 0 Å². The Morgan fingerprint density at radius 2 is 0.821 bits per heavy atom. The van der Waals surface area contributed by atoms with E-state index in [9.17, 15) is 0 Å². The van der Waals surface area contributed by atoms with Crippen LogP contribution in [0.15, 0.2) is 91.0 Å². The molecule has 0 unspecified atom stereocenters. The molecule has 0 heterocycles. The molecule has 0 saturated carbocycles. The van der Waals surface area contributed by atoms with E-state index in [0.717, 1.165) is 5.75 Å². The number of hydrogen-bond donors (Lipinski definition) is 0. The summed E-state index contributed by atoms with van der Waals surface area (Å²) in [5, 5.41) is 0. The standard InChI is InChI=1S/C27H18O/c1-28-17-14-15-21-20-10-4-7-13-24(20)27(25(21)16-17)26-22-11-5-2-8-18(22)19-9-3-6-12-23(19)26/h2-16H,1H3. The molecule has 0 saturated heterocycles. The molecule has 0 atom stereocenters. The summed E-state index contributed by atoms with van der Waals surface area (Å²) in [6.45, 7) is 0. The Labute approximate surface area is 164 Å². The maximum atomic E-state index is 5.57. The van der Waals surface area contributed by atoms with E-state index >= 15 is 0 Å². The van der Waals surface area contributed by atoms with Crippen molar-refractivity contribution < 1.29 is 4.74 Å². The maximum Gasteiger partial charge on any atom is 0.119 e. The fraction of sp³-hybridized carbons (Fsp3) is 0.0370. The van der Waals surface area contributed by atoms with Gasteiger partial charge in [0.2, 0.25) is 0 Å². The van der Waals surface area contributed by atoms with Crippen LogP contribution < -0.4 is 4.74 Å². The molecule has 0 spiro atoms. The first-order valence-electron chi connectivity index (χ1n) is 9.58. The van der Waals surface area contributed by atoms with Crippen molar-refractivity contribution in [2.24, 2.45) is 0 Å². The highest BCUT2D eigenvalue weighted by atomic mass is 16.5. The smallest absolute Gasteiger partial charge is 0.119 e. The van der Waals surface area contributed by atoms with E-state index < -0.39 is 0 Å². The Bertz CT molecular complexity index is 1250. The second kappa shape index (κ2) is 5.71. The van der Waals surface area contributed by atoms with Crippen molar-refractivity contribution in [1.82, 2.24) is 0 Å². The van der Waals surface area contributed by atoms with Crippen LogP contribution in [-0.2, 0) is 0 Å². The zero-order valence-electron chi connectivity index (χ0n) is 15.6. The number of methoxy groups -OCH3 is 1. The Balaban J connectivity index is 1.79. The molecule has 0 fully saturated rings. The van der Waals surface area contributed by atoms with Crippen LogP contribution in [0.2, 0.25) is 0 Å². The number of hydrogen-bond acceptors (Lipinski definition) is 1. The molecule has 4 aromatic carbocycles. The summed E-state index contributed by atoms with van der Waals surface area (Å²) in [7, 11) is 1.73.